The molecule has 136 heavy (non-hydrogen) atoms. The molecule has 0 aliphatic heterocycles. The summed E-state index contributed by atoms with van der Waals surface area (Å²) in [5, 5.41) is 6.86. The lowest BCUT2D eigenvalue weighted by Gasteiger charge is -2.35. The zero-order valence-corrected chi connectivity index (χ0v) is 74.3. The Morgan fingerprint density at radius 2 is 0.456 bits per heavy atom. The molecule has 0 saturated heterocycles. The van der Waals surface area contributed by atoms with Crippen LogP contribution in [0.25, 0.3) is 155 Å². The molecule has 0 N–H and O–H groups in total. The van der Waals surface area contributed by atoms with Crippen LogP contribution in [0, 0.1) is 0 Å². The lowest BCUT2D eigenvalue weighted by atomic mass is 9.67. The molecule has 6 nitrogen and oxygen atoms in total. The lowest BCUT2D eigenvalue weighted by Crippen LogP contribution is -2.28. The van der Waals surface area contributed by atoms with E-state index in [1.54, 1.807) is 0 Å². The van der Waals surface area contributed by atoms with Crippen LogP contribution in [0.2, 0.25) is 0 Å². The highest BCUT2D eigenvalue weighted by Gasteiger charge is 2.48. The third kappa shape index (κ3) is 12.6. The second kappa shape index (κ2) is 32.6. The van der Waals surface area contributed by atoms with Gasteiger partial charge in [0.05, 0.1) is 21.9 Å². The summed E-state index contributed by atoms with van der Waals surface area (Å²) < 4.78 is 18.6. The fourth-order valence-corrected chi connectivity index (χ4v) is 22.5. The molecule has 0 amide bonds. The fraction of sp³-hybridized carbons (Fsp3) is 0.0154. The van der Waals surface area contributed by atoms with Crippen molar-refractivity contribution in [3.05, 3.63) is 566 Å². The quantitative estimate of drug-likeness (QED) is 0.0967. The number of hydrogen-bond acceptors (Lipinski definition) is 4. The summed E-state index contributed by atoms with van der Waals surface area (Å²) in [6.07, 6.45) is 0. The molecule has 0 radical (unpaired) electrons. The van der Waals surface area contributed by atoms with E-state index in [0.717, 1.165) is 134 Å². The summed E-state index contributed by atoms with van der Waals surface area (Å²) in [4.78, 5) is 4.80. The number of benzene rings is 21. The Hall–Kier alpha value is -17.8. The Bertz CT molecular complexity index is 8790. The van der Waals surface area contributed by atoms with Crippen molar-refractivity contribution in [2.75, 3.05) is 9.80 Å². The van der Waals surface area contributed by atoms with Gasteiger partial charge in [0.15, 0.2) is 11.2 Å². The second-order valence-electron chi connectivity index (χ2n) is 35.6. The maximum Gasteiger partial charge on any atom is 0.161 e. The van der Waals surface area contributed by atoms with Gasteiger partial charge in [0.2, 0.25) is 0 Å². The summed E-state index contributed by atoms with van der Waals surface area (Å²) in [6.45, 7) is 0. The third-order valence-electron chi connectivity index (χ3n) is 28.4. The van der Waals surface area contributed by atoms with Gasteiger partial charge in [-0.3, -0.25) is 0 Å². The SMILES string of the molecule is c1ccc(-c2ccc(N(c3ccc(-c4cccc5c4oc4c6ccccc6n(-c6ccccc6)c54)cc3)c3cccc(C4(c5ccccc5)c5ccccc5-c5ccccc54)c3)cc2)cc1.c1ccc(-n2c3ccccc3c3oc4c(-c5ccc(N(c6ccc(-c7cccc8ccccc78)cc6)c6cccc(C7(c8ccccc8)c8ccccc8-c8ccccc87)c6)cc5)cccc4c32)cc1. The van der Waals surface area contributed by atoms with Crippen LogP contribution in [0.1, 0.15) is 44.5 Å². The van der Waals surface area contributed by atoms with Gasteiger partial charge in [-0.25, -0.2) is 0 Å². The van der Waals surface area contributed by atoms with Crippen molar-refractivity contribution < 1.29 is 8.83 Å². The van der Waals surface area contributed by atoms with E-state index in [9.17, 15) is 0 Å². The Balaban J connectivity index is 0.000000141. The average Bonchev–Trinajstić information content (AvgIpc) is 1.56. The van der Waals surface area contributed by atoms with Crippen molar-refractivity contribution in [1.82, 2.24) is 9.13 Å². The number of nitrogens with zero attached hydrogens (tertiary/aromatic N) is 4. The first-order valence-corrected chi connectivity index (χ1v) is 46.8. The zero-order valence-electron chi connectivity index (χ0n) is 74.3. The van der Waals surface area contributed by atoms with Crippen LogP contribution in [-0.2, 0) is 10.8 Å². The molecule has 6 heteroatoms. The summed E-state index contributed by atoms with van der Waals surface area (Å²) in [6, 6.07) is 189. The highest BCUT2D eigenvalue weighted by Crippen LogP contribution is 2.60. The Morgan fingerprint density at radius 3 is 0.868 bits per heavy atom. The van der Waals surface area contributed by atoms with E-state index in [-0.39, 0.29) is 0 Å². The fourth-order valence-electron chi connectivity index (χ4n) is 22.5. The molecule has 0 fully saturated rings. The van der Waals surface area contributed by atoms with Crippen molar-refractivity contribution >= 4 is 111 Å². The number of fused-ring (bicyclic) bond motifs is 17. The molecule has 25 aromatic rings. The van der Waals surface area contributed by atoms with Gasteiger partial charge >= 0.3 is 0 Å². The molecule has 2 aliphatic rings. The normalized spacial score (nSPS) is 12.7. The van der Waals surface area contributed by atoms with Gasteiger partial charge in [-0.05, 0) is 244 Å². The van der Waals surface area contributed by atoms with Gasteiger partial charge in [0, 0.05) is 78.2 Å². The van der Waals surface area contributed by atoms with E-state index in [4.69, 9.17) is 8.83 Å². The minimum absolute atomic E-state index is 0.518. The van der Waals surface area contributed by atoms with Gasteiger partial charge in [-0.1, -0.05) is 388 Å². The van der Waals surface area contributed by atoms with Crippen LogP contribution >= 0.6 is 0 Å². The van der Waals surface area contributed by atoms with Crippen LogP contribution in [0.3, 0.4) is 0 Å². The largest absolute Gasteiger partial charge is 0.453 e. The first-order chi connectivity index (χ1) is 67.5. The molecule has 638 valence electrons. The molecular formula is C130H86N4O2. The van der Waals surface area contributed by atoms with Crippen molar-refractivity contribution in [3.63, 3.8) is 0 Å². The first-order valence-electron chi connectivity index (χ1n) is 46.8. The number of furan rings is 2. The summed E-state index contributed by atoms with van der Waals surface area (Å²) in [5.41, 5.74) is 39.8. The number of hydrogen-bond donors (Lipinski definition) is 0. The van der Waals surface area contributed by atoms with Crippen LogP contribution in [0.5, 0.6) is 0 Å². The molecule has 21 aromatic carbocycles. The van der Waals surface area contributed by atoms with Crippen molar-refractivity contribution in [1.29, 1.82) is 0 Å². The average molecular weight is 1740 g/mol. The van der Waals surface area contributed by atoms with E-state index in [2.05, 4.69) is 541 Å². The topological polar surface area (TPSA) is 42.6 Å². The van der Waals surface area contributed by atoms with Gasteiger partial charge in [-0.15, -0.1) is 0 Å². The molecule has 2 aliphatic carbocycles. The lowest BCUT2D eigenvalue weighted by molar-refractivity contribution is 0.673. The van der Waals surface area contributed by atoms with Gasteiger partial charge in [-0.2, -0.15) is 0 Å². The van der Waals surface area contributed by atoms with E-state index in [1.807, 2.05) is 0 Å². The molecule has 0 atom stereocenters. The number of aromatic nitrogens is 2. The second-order valence-corrected chi connectivity index (χ2v) is 35.6. The summed E-state index contributed by atoms with van der Waals surface area (Å²) >= 11 is 0. The van der Waals surface area contributed by atoms with Gasteiger partial charge in [0.1, 0.15) is 22.2 Å². The first kappa shape index (κ1) is 79.1. The molecule has 4 heterocycles. The van der Waals surface area contributed by atoms with E-state index < -0.39 is 10.8 Å². The van der Waals surface area contributed by atoms with E-state index in [1.165, 1.54) is 99.8 Å². The maximum absolute atomic E-state index is 6.97. The Labute approximate surface area is 788 Å². The highest BCUT2D eigenvalue weighted by molar-refractivity contribution is 6.20. The minimum Gasteiger partial charge on any atom is -0.453 e. The maximum atomic E-state index is 6.97. The van der Waals surface area contributed by atoms with Crippen molar-refractivity contribution in [2.24, 2.45) is 0 Å². The van der Waals surface area contributed by atoms with Gasteiger partial charge in [0.25, 0.3) is 0 Å². The number of rotatable bonds is 16. The molecule has 0 bridgehead atoms. The van der Waals surface area contributed by atoms with Crippen LogP contribution < -0.4 is 9.80 Å². The molecular weight excluding hydrogens is 1650 g/mol. The number of para-hydroxylation sites is 6. The Morgan fingerprint density at radius 1 is 0.176 bits per heavy atom. The van der Waals surface area contributed by atoms with E-state index >= 15 is 0 Å². The Kier molecular flexibility index (Phi) is 19.0. The predicted molar refractivity (Wildman–Crippen MR) is 564 cm³/mol. The monoisotopic (exact) mass is 1730 g/mol. The van der Waals surface area contributed by atoms with Crippen LogP contribution in [0.15, 0.2) is 531 Å². The highest BCUT2D eigenvalue weighted by atomic mass is 16.3. The molecule has 0 unspecified atom stereocenters. The van der Waals surface area contributed by atoms with Crippen molar-refractivity contribution in [2.45, 2.75) is 10.8 Å². The minimum atomic E-state index is -0.531. The van der Waals surface area contributed by atoms with Crippen LogP contribution in [0.4, 0.5) is 34.1 Å². The van der Waals surface area contributed by atoms with Crippen molar-refractivity contribution in [3.8, 4) is 78.1 Å². The molecule has 4 aromatic heterocycles. The van der Waals surface area contributed by atoms with Crippen LogP contribution in [-0.4, -0.2) is 9.13 Å². The number of anilines is 6. The summed E-state index contributed by atoms with van der Waals surface area (Å²) in [5.74, 6) is 0. The van der Waals surface area contributed by atoms with Gasteiger partial charge < -0.3 is 27.8 Å². The van der Waals surface area contributed by atoms with E-state index in [0.29, 0.717) is 0 Å². The zero-order chi connectivity index (χ0) is 89.8. The molecule has 0 spiro atoms. The standard InChI is InChI=1S/C67H44N2O.C63H42N2O/c1-3-20-48(21-4-1)67(61-33-12-9-27-57(61)58-28-10-13-34-62(58)67)49-22-16-25-53(44-49)68(51-40-36-46(37-41-51)55-30-15-19-45-18-7-8-26-54(45)55)52-42-38-47(39-43-52)56-31-17-32-60-64-66(70-65(56)60)59-29-11-14-35-63(59)69(64)50-23-5-2-6-24-50;1-4-18-43(19-5-1)44-34-38-49(39-35-44)64(51-25-16-22-47(42-51)63(46-20-6-2-7-21-46)57-31-13-10-26-53(57)54-27-11-14-32-58(54)63)50-40-36-45(37-41-50)52-29-17-30-56-60-62(66-61(52)56)55-28-12-15-33-59(55)65(60)48-23-8-3-9-24-48/h1-44H;1-42H. The predicted octanol–water partition coefficient (Wildman–Crippen LogP) is 34.5. The summed E-state index contributed by atoms with van der Waals surface area (Å²) in [7, 11) is 0. The molecule has 0 saturated carbocycles. The third-order valence-corrected chi connectivity index (χ3v) is 28.4. The smallest absolute Gasteiger partial charge is 0.161 e. The molecule has 27 rings (SSSR count).